The molecule has 0 radical (unpaired) electrons. The SMILES string of the molecule is Cc1cccc2c1OCC[CH-]2.[Rb+].[Rb+]. The van der Waals surface area contributed by atoms with Crippen molar-refractivity contribution in [3.05, 3.63) is 35.7 Å². The quantitative estimate of drug-likeness (QED) is 0.448. The average Bonchev–Trinajstić information content (AvgIpc) is 2.06. The van der Waals surface area contributed by atoms with E-state index in [2.05, 4.69) is 31.5 Å². The van der Waals surface area contributed by atoms with Crippen molar-refractivity contribution in [3.63, 3.8) is 0 Å². The van der Waals surface area contributed by atoms with Crippen LogP contribution in [0.15, 0.2) is 18.2 Å². The molecule has 0 bridgehead atoms. The molecular weight excluding hydrogens is 307 g/mol. The van der Waals surface area contributed by atoms with Crippen molar-refractivity contribution >= 4 is 0 Å². The van der Waals surface area contributed by atoms with E-state index in [1.165, 1.54) is 11.1 Å². The normalized spacial score (nSPS) is 12.4. The van der Waals surface area contributed by atoms with Crippen LogP contribution in [0.3, 0.4) is 0 Å². The molecule has 1 heterocycles. The Labute approximate surface area is 178 Å². The molecule has 1 aliphatic rings. The number of aryl methyl sites for hydroxylation is 1. The molecule has 1 nitrogen and oxygen atoms in total. The zero-order chi connectivity index (χ0) is 7.68. The van der Waals surface area contributed by atoms with E-state index < -0.39 is 0 Å². The summed E-state index contributed by atoms with van der Waals surface area (Å²) in [6, 6.07) is 6.25. The first kappa shape index (κ1) is 15.5. The summed E-state index contributed by atoms with van der Waals surface area (Å²) in [5.74, 6) is 1.07. The smallest absolute Gasteiger partial charge is 0.551 e. The number of ether oxygens (including phenoxy) is 1. The zero-order valence-corrected chi connectivity index (χ0v) is 18.5. The third kappa shape index (κ3) is 4.10. The van der Waals surface area contributed by atoms with Gasteiger partial charge in [0, 0.05) is 5.75 Å². The van der Waals surface area contributed by atoms with Gasteiger partial charge in [0.25, 0.3) is 0 Å². The molecule has 58 valence electrons. The summed E-state index contributed by atoms with van der Waals surface area (Å²) in [7, 11) is 0. The molecule has 0 aliphatic carbocycles. The molecule has 2 rings (SSSR count). The summed E-state index contributed by atoms with van der Waals surface area (Å²) >= 11 is 0. The maximum absolute atomic E-state index is 5.52. The minimum atomic E-state index is 0. The summed E-state index contributed by atoms with van der Waals surface area (Å²) in [6.45, 7) is 2.91. The fourth-order valence-corrected chi connectivity index (χ4v) is 1.41. The number of rotatable bonds is 0. The minimum Gasteiger partial charge on any atom is -0.551 e. The van der Waals surface area contributed by atoms with Gasteiger partial charge in [-0.2, -0.15) is 18.1 Å². The molecule has 0 saturated carbocycles. The van der Waals surface area contributed by atoms with Gasteiger partial charge in [-0.3, -0.25) is 0 Å². The van der Waals surface area contributed by atoms with Crippen LogP contribution in [0.25, 0.3) is 0 Å². The van der Waals surface area contributed by atoms with Crippen LogP contribution < -0.4 is 121 Å². The molecule has 0 spiro atoms. The fourth-order valence-electron chi connectivity index (χ4n) is 1.41. The minimum absolute atomic E-state index is 0. The topological polar surface area (TPSA) is 9.23 Å². The molecule has 1 aliphatic heterocycles. The van der Waals surface area contributed by atoms with Gasteiger partial charge >= 0.3 is 116 Å². The molecule has 3 heteroatoms. The van der Waals surface area contributed by atoms with Gasteiger partial charge in [-0.25, -0.2) is 0 Å². The maximum Gasteiger partial charge on any atom is 1.00 e. The van der Waals surface area contributed by atoms with Gasteiger partial charge in [-0.05, 0) is 13.3 Å². The van der Waals surface area contributed by atoms with Crippen molar-refractivity contribution in [3.8, 4) is 5.75 Å². The Morgan fingerprint density at radius 2 is 2.08 bits per heavy atom. The molecule has 1 aromatic rings. The van der Waals surface area contributed by atoms with E-state index >= 15 is 0 Å². The Balaban J connectivity index is 0.000000720. The first-order valence-corrected chi connectivity index (χ1v) is 3.93. The second-order valence-corrected chi connectivity index (χ2v) is 2.83. The van der Waals surface area contributed by atoms with Gasteiger partial charge in [0.05, 0.1) is 6.61 Å². The van der Waals surface area contributed by atoms with E-state index in [0.717, 1.165) is 18.8 Å². The summed E-state index contributed by atoms with van der Waals surface area (Å²) in [5, 5.41) is 0. The van der Waals surface area contributed by atoms with Gasteiger partial charge < -0.3 is 4.74 Å². The van der Waals surface area contributed by atoms with Crippen LogP contribution in [-0.2, 0) is 0 Å². The summed E-state index contributed by atoms with van der Waals surface area (Å²) < 4.78 is 5.52. The molecule has 1 aromatic carbocycles. The average molecular weight is 318 g/mol. The number of benzene rings is 1. The third-order valence-corrected chi connectivity index (χ3v) is 1.97. The van der Waals surface area contributed by atoms with E-state index in [1.54, 1.807) is 0 Å². The fraction of sp³-hybridized carbons (Fsp3) is 0.300. The molecule has 0 unspecified atom stereocenters. The molecule has 0 N–H and O–H groups in total. The van der Waals surface area contributed by atoms with Crippen LogP contribution in [0.5, 0.6) is 5.75 Å². The van der Waals surface area contributed by atoms with Gasteiger partial charge in [-0.15, -0.1) is 6.07 Å². The van der Waals surface area contributed by atoms with Crippen molar-refractivity contribution in [1.29, 1.82) is 0 Å². The van der Waals surface area contributed by atoms with Gasteiger partial charge in [0.1, 0.15) is 0 Å². The van der Waals surface area contributed by atoms with Gasteiger partial charge in [0.2, 0.25) is 0 Å². The standard InChI is InChI=1S/C10H11O.2Rb/c1-8-4-2-5-9-6-3-7-11-10(8)9;;/h2,4-6H,3,7H2,1H3;;/q-1;2*+1. The number of hydrogen-bond donors (Lipinski definition) is 0. The summed E-state index contributed by atoms with van der Waals surface area (Å²) in [4.78, 5) is 0. The number of para-hydroxylation sites is 1. The van der Waals surface area contributed by atoms with Crippen molar-refractivity contribution in [1.82, 2.24) is 0 Å². The van der Waals surface area contributed by atoms with Crippen molar-refractivity contribution in [2.75, 3.05) is 6.61 Å². The largest absolute Gasteiger partial charge is 1.00 e. The maximum atomic E-state index is 5.52. The second kappa shape index (κ2) is 7.72. The van der Waals surface area contributed by atoms with E-state index in [4.69, 9.17) is 4.74 Å². The van der Waals surface area contributed by atoms with E-state index in [0.29, 0.717) is 0 Å². The third-order valence-electron chi connectivity index (χ3n) is 1.97. The molecule has 0 amide bonds. The molecular formula is C10H11ORb2+. The Kier molecular flexibility index (Phi) is 9.21. The van der Waals surface area contributed by atoms with Crippen molar-refractivity contribution in [2.45, 2.75) is 13.3 Å². The Morgan fingerprint density at radius 3 is 2.77 bits per heavy atom. The number of hydrogen-bond acceptors (Lipinski definition) is 1. The molecule has 0 saturated heterocycles. The van der Waals surface area contributed by atoms with Gasteiger partial charge in [0.15, 0.2) is 0 Å². The number of fused-ring (bicyclic) bond motifs is 1. The first-order valence-electron chi connectivity index (χ1n) is 3.93. The van der Waals surface area contributed by atoms with Crippen LogP contribution in [-0.4, -0.2) is 6.61 Å². The zero-order valence-electron chi connectivity index (χ0n) is 8.63. The summed E-state index contributed by atoms with van der Waals surface area (Å²) in [6.07, 6.45) is 3.27. The van der Waals surface area contributed by atoms with E-state index in [9.17, 15) is 0 Å². The van der Waals surface area contributed by atoms with Crippen LogP contribution in [0.2, 0.25) is 0 Å². The van der Waals surface area contributed by atoms with E-state index in [-0.39, 0.29) is 116 Å². The van der Waals surface area contributed by atoms with Crippen molar-refractivity contribution in [2.24, 2.45) is 0 Å². The Hall–Kier alpha value is 2.50. The predicted octanol–water partition coefficient (Wildman–Crippen LogP) is -3.66. The van der Waals surface area contributed by atoms with Gasteiger partial charge in [-0.1, -0.05) is 11.6 Å². The van der Waals surface area contributed by atoms with Crippen LogP contribution in [0, 0.1) is 13.3 Å². The molecule has 0 fully saturated rings. The van der Waals surface area contributed by atoms with Crippen molar-refractivity contribution < 1.29 is 121 Å². The monoisotopic (exact) mass is 317 g/mol. The van der Waals surface area contributed by atoms with E-state index in [1.807, 2.05) is 0 Å². The summed E-state index contributed by atoms with van der Waals surface area (Å²) in [5.41, 5.74) is 2.48. The van der Waals surface area contributed by atoms with Crippen LogP contribution in [0.1, 0.15) is 17.5 Å². The van der Waals surface area contributed by atoms with Crippen LogP contribution >= 0.6 is 0 Å². The van der Waals surface area contributed by atoms with Crippen LogP contribution in [0.4, 0.5) is 0 Å². The Bertz CT molecular complexity index is 274. The molecule has 0 aromatic heterocycles. The second-order valence-electron chi connectivity index (χ2n) is 2.83. The Morgan fingerprint density at radius 1 is 1.31 bits per heavy atom. The molecule has 0 atom stereocenters. The molecule has 13 heavy (non-hydrogen) atoms. The predicted molar refractivity (Wildman–Crippen MR) is 44.7 cm³/mol. The first-order chi connectivity index (χ1) is 5.38.